The number of likely N-dealkylation sites (N-methyl/N-ethyl adjacent to an activating group) is 1. The van der Waals surface area contributed by atoms with Crippen molar-refractivity contribution >= 4 is 5.90 Å². The molecule has 0 spiro atoms. The van der Waals surface area contributed by atoms with Crippen LogP contribution in [0.3, 0.4) is 0 Å². The number of hydrogen-bond donors (Lipinski definition) is 0. The average molecular weight is 285 g/mol. The van der Waals surface area contributed by atoms with Crippen molar-refractivity contribution in [3.05, 3.63) is 41.7 Å². The maximum atomic E-state index is 5.97. The van der Waals surface area contributed by atoms with Crippen LogP contribution in [0.15, 0.2) is 34.9 Å². The molecule has 110 valence electrons. The van der Waals surface area contributed by atoms with Crippen LogP contribution in [0.5, 0.6) is 0 Å². The van der Waals surface area contributed by atoms with Crippen molar-refractivity contribution in [3.63, 3.8) is 0 Å². The highest BCUT2D eigenvalue weighted by Gasteiger charge is 2.43. The summed E-state index contributed by atoms with van der Waals surface area (Å²) < 4.78 is 13.7. The third-order valence-electron chi connectivity index (χ3n) is 4.12. The first-order valence-corrected chi connectivity index (χ1v) is 7.32. The molecule has 21 heavy (non-hydrogen) atoms. The second-order valence-corrected chi connectivity index (χ2v) is 6.01. The van der Waals surface area contributed by atoms with Gasteiger partial charge in [0.15, 0.2) is 23.5 Å². The normalized spacial score (nSPS) is 17.1. The predicted molar refractivity (Wildman–Crippen MR) is 81.6 cm³/mol. The average Bonchev–Trinajstić information content (AvgIpc) is 3.02. The van der Waals surface area contributed by atoms with E-state index in [-0.39, 0.29) is 5.54 Å². The fourth-order valence-electron chi connectivity index (χ4n) is 2.53. The maximum Gasteiger partial charge on any atom is 0.376 e. The Kier molecular flexibility index (Phi) is 3.32. The lowest BCUT2D eigenvalue weighted by molar-refractivity contribution is -0.562. The molecule has 1 aromatic heterocycles. The number of aryl methyl sites for hydroxylation is 1. The van der Waals surface area contributed by atoms with E-state index < -0.39 is 0 Å². The van der Waals surface area contributed by atoms with E-state index in [0.29, 0.717) is 6.61 Å². The largest absolute Gasteiger partial charge is 0.437 e. The van der Waals surface area contributed by atoms with Gasteiger partial charge in [0.25, 0.3) is 0 Å². The molecular formula is C17H21N2O2+. The van der Waals surface area contributed by atoms with E-state index >= 15 is 0 Å². The summed E-state index contributed by atoms with van der Waals surface area (Å²) in [6.07, 6.45) is 0.788. The van der Waals surface area contributed by atoms with Gasteiger partial charge in [-0.05, 0) is 0 Å². The molecule has 1 aliphatic rings. The summed E-state index contributed by atoms with van der Waals surface area (Å²) in [6, 6.07) is 10.1. The van der Waals surface area contributed by atoms with Gasteiger partial charge in [-0.15, -0.1) is 0 Å². The van der Waals surface area contributed by atoms with E-state index in [1.807, 2.05) is 30.3 Å². The van der Waals surface area contributed by atoms with Gasteiger partial charge in [-0.1, -0.05) is 42.4 Å². The summed E-state index contributed by atoms with van der Waals surface area (Å²) in [6.45, 7) is 7.07. The molecule has 4 nitrogen and oxygen atoms in total. The molecule has 0 aliphatic carbocycles. The molecule has 2 aromatic rings. The highest BCUT2D eigenvalue weighted by Crippen LogP contribution is 2.30. The van der Waals surface area contributed by atoms with E-state index in [4.69, 9.17) is 9.26 Å². The fourth-order valence-corrected chi connectivity index (χ4v) is 2.53. The van der Waals surface area contributed by atoms with Crippen LogP contribution in [-0.2, 0) is 11.2 Å². The number of nitrogens with zero attached hydrogens (tertiary/aromatic N) is 2. The molecule has 0 saturated carbocycles. The lowest BCUT2D eigenvalue weighted by atomic mass is 10.0. The van der Waals surface area contributed by atoms with Crippen LogP contribution >= 0.6 is 0 Å². The minimum atomic E-state index is -0.0222. The first-order chi connectivity index (χ1) is 10.0. The smallest absolute Gasteiger partial charge is 0.376 e. The zero-order valence-electron chi connectivity index (χ0n) is 13.0. The Bertz CT molecular complexity index is 684. The summed E-state index contributed by atoms with van der Waals surface area (Å²) in [7, 11) is 2.06. The minimum Gasteiger partial charge on any atom is -0.437 e. The second-order valence-electron chi connectivity index (χ2n) is 6.01. The topological polar surface area (TPSA) is 38.3 Å². The molecule has 0 bridgehead atoms. The summed E-state index contributed by atoms with van der Waals surface area (Å²) in [5.41, 5.74) is 2.86. The third kappa shape index (κ3) is 2.24. The van der Waals surface area contributed by atoms with E-state index in [0.717, 1.165) is 34.9 Å². The molecule has 0 unspecified atom stereocenters. The molecule has 0 amide bonds. The number of ether oxygens (including phenoxy) is 1. The molecule has 4 heteroatoms. The van der Waals surface area contributed by atoms with E-state index in [1.54, 1.807) is 0 Å². The maximum absolute atomic E-state index is 5.97. The van der Waals surface area contributed by atoms with Crippen LogP contribution in [0.1, 0.15) is 32.1 Å². The highest BCUT2D eigenvalue weighted by atomic mass is 16.5. The van der Waals surface area contributed by atoms with Gasteiger partial charge < -0.3 is 9.26 Å². The van der Waals surface area contributed by atoms with Crippen LogP contribution in [-0.4, -0.2) is 34.8 Å². The van der Waals surface area contributed by atoms with Crippen LogP contribution in [0.25, 0.3) is 11.3 Å². The van der Waals surface area contributed by atoms with Gasteiger partial charge in [-0.3, -0.25) is 0 Å². The molecule has 1 aliphatic heterocycles. The molecule has 0 atom stereocenters. The molecule has 0 radical (unpaired) electrons. The summed E-state index contributed by atoms with van der Waals surface area (Å²) in [5, 5.41) is 4.28. The van der Waals surface area contributed by atoms with Crippen LogP contribution in [0.2, 0.25) is 0 Å². The van der Waals surface area contributed by atoms with E-state index in [2.05, 4.69) is 37.6 Å². The number of benzene rings is 1. The molecule has 0 N–H and O–H groups in total. The van der Waals surface area contributed by atoms with Crippen molar-refractivity contribution in [3.8, 4) is 11.3 Å². The van der Waals surface area contributed by atoms with Crippen molar-refractivity contribution in [1.29, 1.82) is 0 Å². The predicted octanol–water partition coefficient (Wildman–Crippen LogP) is 3.10. The molecule has 3 rings (SSSR count). The minimum absolute atomic E-state index is 0.0222. The van der Waals surface area contributed by atoms with E-state index in [9.17, 15) is 0 Å². The summed E-state index contributed by atoms with van der Waals surface area (Å²) in [5.74, 6) is 1.73. The number of aromatic nitrogens is 1. The van der Waals surface area contributed by atoms with Crippen LogP contribution in [0.4, 0.5) is 0 Å². The van der Waals surface area contributed by atoms with Crippen molar-refractivity contribution in [2.24, 2.45) is 0 Å². The SMILES string of the molecule is CCc1onc(-c2ccccc2)c1C1=[N+](C)C(C)(C)CO1. The standard InChI is InChI=1S/C17H21N2O2/c1-5-13-14(16-19(4)17(2,3)11-20-16)15(18-21-13)12-9-7-6-8-10-12/h6-10H,5,11H2,1-4H3/q+1. The lowest BCUT2D eigenvalue weighted by Crippen LogP contribution is -2.33. The Labute approximate surface area is 125 Å². The number of hydrogen-bond acceptors (Lipinski definition) is 3. The van der Waals surface area contributed by atoms with Gasteiger partial charge in [-0.2, -0.15) is 4.58 Å². The van der Waals surface area contributed by atoms with Crippen LogP contribution in [0, 0.1) is 0 Å². The lowest BCUT2D eigenvalue weighted by Gasteiger charge is -2.09. The molecule has 2 heterocycles. The van der Waals surface area contributed by atoms with Gasteiger partial charge >= 0.3 is 5.90 Å². The van der Waals surface area contributed by atoms with Crippen molar-refractivity contribution in [2.75, 3.05) is 13.7 Å². The third-order valence-corrected chi connectivity index (χ3v) is 4.12. The first-order valence-electron chi connectivity index (χ1n) is 7.32. The second kappa shape index (κ2) is 5.02. The highest BCUT2D eigenvalue weighted by molar-refractivity contribution is 5.98. The Balaban J connectivity index is 2.19. The van der Waals surface area contributed by atoms with Gasteiger partial charge in [0.1, 0.15) is 12.7 Å². The van der Waals surface area contributed by atoms with Gasteiger partial charge in [0.05, 0.1) is 0 Å². The summed E-state index contributed by atoms with van der Waals surface area (Å²) in [4.78, 5) is 0. The Morgan fingerprint density at radius 3 is 2.52 bits per heavy atom. The quantitative estimate of drug-likeness (QED) is 0.813. The van der Waals surface area contributed by atoms with Crippen molar-refractivity contribution in [2.45, 2.75) is 32.7 Å². The molecule has 0 fully saturated rings. The monoisotopic (exact) mass is 285 g/mol. The van der Waals surface area contributed by atoms with E-state index in [1.165, 1.54) is 0 Å². The molecule has 0 saturated heterocycles. The fraction of sp³-hybridized carbons (Fsp3) is 0.412. The van der Waals surface area contributed by atoms with Gasteiger partial charge in [0.2, 0.25) is 0 Å². The van der Waals surface area contributed by atoms with Gasteiger partial charge in [-0.25, -0.2) is 0 Å². The zero-order chi connectivity index (χ0) is 15.0. The van der Waals surface area contributed by atoms with Crippen LogP contribution < -0.4 is 0 Å². The van der Waals surface area contributed by atoms with Crippen molar-refractivity contribution < 1.29 is 13.8 Å². The van der Waals surface area contributed by atoms with Gasteiger partial charge in [0, 0.05) is 25.8 Å². The Hall–Kier alpha value is -2.10. The van der Waals surface area contributed by atoms with Crippen molar-refractivity contribution in [1.82, 2.24) is 5.16 Å². The number of rotatable bonds is 3. The zero-order valence-corrected chi connectivity index (χ0v) is 13.0. The Morgan fingerprint density at radius 2 is 1.95 bits per heavy atom. The first kappa shape index (κ1) is 13.9. The Morgan fingerprint density at radius 1 is 1.24 bits per heavy atom. The molecular weight excluding hydrogens is 264 g/mol. The molecule has 1 aromatic carbocycles. The summed E-state index contributed by atoms with van der Waals surface area (Å²) >= 11 is 0.